The van der Waals surface area contributed by atoms with E-state index in [0.29, 0.717) is 30.6 Å². The summed E-state index contributed by atoms with van der Waals surface area (Å²) in [5.41, 5.74) is 5.66. The number of anilines is 2. The van der Waals surface area contributed by atoms with Crippen LogP contribution in [-0.4, -0.2) is 43.8 Å². The third kappa shape index (κ3) is 6.13. The van der Waals surface area contributed by atoms with E-state index in [-0.39, 0.29) is 18.9 Å². The number of nitrogens with one attached hydrogen (secondary N) is 2. The molecule has 0 aliphatic heterocycles. The summed E-state index contributed by atoms with van der Waals surface area (Å²) in [7, 11) is -3.25. The molecule has 1 rings (SSSR count). The molecule has 1 aromatic heterocycles. The van der Waals surface area contributed by atoms with Crippen molar-refractivity contribution >= 4 is 21.7 Å². The number of hydrogen-bond acceptors (Lipinski definition) is 7. The van der Waals surface area contributed by atoms with Crippen molar-refractivity contribution in [1.82, 2.24) is 14.7 Å². The summed E-state index contributed by atoms with van der Waals surface area (Å²) >= 11 is 0. The Morgan fingerprint density at radius 1 is 1.35 bits per heavy atom. The average molecular weight is 303 g/mol. The second-order valence-corrected chi connectivity index (χ2v) is 5.90. The zero-order valence-electron chi connectivity index (χ0n) is 11.7. The standard InChI is InChI=1S/C11H21N5O3S/c1-3-14-20(17,18)6-5-13-10-7-9(12)15-11(16-10)8-19-4-2/h7,14H,3-6,8H2,1-2H3,(H3,12,13,15,16). The second kappa shape index (κ2) is 7.98. The van der Waals surface area contributed by atoms with E-state index in [0.717, 1.165) is 0 Å². The highest BCUT2D eigenvalue weighted by Gasteiger charge is 2.08. The molecular formula is C11H21N5O3S. The van der Waals surface area contributed by atoms with Crippen molar-refractivity contribution in [2.45, 2.75) is 20.5 Å². The van der Waals surface area contributed by atoms with Crippen LogP contribution in [-0.2, 0) is 21.4 Å². The van der Waals surface area contributed by atoms with Crippen molar-refractivity contribution in [2.75, 3.05) is 36.5 Å². The molecule has 0 saturated carbocycles. The Morgan fingerprint density at radius 2 is 2.10 bits per heavy atom. The van der Waals surface area contributed by atoms with Gasteiger partial charge in [-0.05, 0) is 6.92 Å². The number of rotatable bonds is 9. The Hall–Kier alpha value is -1.45. The van der Waals surface area contributed by atoms with Crippen LogP contribution in [0.3, 0.4) is 0 Å². The molecule has 1 heterocycles. The molecule has 8 nitrogen and oxygen atoms in total. The molecule has 114 valence electrons. The van der Waals surface area contributed by atoms with E-state index < -0.39 is 10.0 Å². The number of hydrogen-bond donors (Lipinski definition) is 3. The number of nitrogen functional groups attached to an aromatic ring is 1. The summed E-state index contributed by atoms with van der Waals surface area (Å²) in [6, 6.07) is 1.55. The Kier molecular flexibility index (Phi) is 6.62. The van der Waals surface area contributed by atoms with E-state index in [1.165, 1.54) is 0 Å². The zero-order chi connectivity index (χ0) is 15.0. The molecule has 0 saturated heterocycles. The molecular weight excluding hydrogens is 282 g/mol. The van der Waals surface area contributed by atoms with E-state index in [9.17, 15) is 8.42 Å². The van der Waals surface area contributed by atoms with Crippen molar-refractivity contribution in [1.29, 1.82) is 0 Å². The van der Waals surface area contributed by atoms with Crippen molar-refractivity contribution in [3.63, 3.8) is 0 Å². The van der Waals surface area contributed by atoms with Gasteiger partial charge < -0.3 is 15.8 Å². The van der Waals surface area contributed by atoms with Crippen molar-refractivity contribution in [3.8, 4) is 0 Å². The predicted molar refractivity (Wildman–Crippen MR) is 77.7 cm³/mol. The van der Waals surface area contributed by atoms with Gasteiger partial charge in [-0.3, -0.25) is 0 Å². The smallest absolute Gasteiger partial charge is 0.213 e. The van der Waals surface area contributed by atoms with Gasteiger partial charge in [0, 0.05) is 25.8 Å². The Labute approximate surface area is 119 Å². The molecule has 0 unspecified atom stereocenters. The summed E-state index contributed by atoms with van der Waals surface area (Å²) in [4.78, 5) is 8.22. The highest BCUT2D eigenvalue weighted by atomic mass is 32.2. The van der Waals surface area contributed by atoms with Crippen LogP contribution in [0.5, 0.6) is 0 Å². The predicted octanol–water partition coefficient (Wildman–Crippen LogP) is -0.0535. The van der Waals surface area contributed by atoms with Crippen LogP contribution in [0.25, 0.3) is 0 Å². The van der Waals surface area contributed by atoms with Crippen molar-refractivity contribution in [3.05, 3.63) is 11.9 Å². The maximum atomic E-state index is 11.5. The molecule has 20 heavy (non-hydrogen) atoms. The fraction of sp³-hybridized carbons (Fsp3) is 0.636. The summed E-state index contributed by atoms with van der Waals surface area (Å²) in [6.45, 7) is 5.04. The van der Waals surface area contributed by atoms with Gasteiger partial charge in [0.15, 0.2) is 5.82 Å². The molecule has 0 radical (unpaired) electrons. The van der Waals surface area contributed by atoms with Crippen LogP contribution in [0.4, 0.5) is 11.6 Å². The lowest BCUT2D eigenvalue weighted by molar-refractivity contribution is 0.128. The van der Waals surface area contributed by atoms with Gasteiger partial charge in [-0.2, -0.15) is 0 Å². The number of nitrogens with zero attached hydrogens (tertiary/aromatic N) is 2. The first-order valence-corrected chi connectivity index (χ1v) is 8.04. The van der Waals surface area contributed by atoms with Crippen molar-refractivity contribution in [2.24, 2.45) is 0 Å². The third-order valence-electron chi connectivity index (χ3n) is 2.27. The SMILES string of the molecule is CCNS(=O)(=O)CCNc1cc(N)nc(COCC)n1. The monoisotopic (exact) mass is 303 g/mol. The Bertz CT molecular complexity index is 521. The van der Waals surface area contributed by atoms with Gasteiger partial charge in [0.05, 0.1) is 5.75 Å². The maximum absolute atomic E-state index is 11.5. The number of ether oxygens (including phenoxy) is 1. The fourth-order valence-corrected chi connectivity index (χ4v) is 2.43. The average Bonchev–Trinajstić information content (AvgIpc) is 2.35. The van der Waals surface area contributed by atoms with Gasteiger partial charge >= 0.3 is 0 Å². The third-order valence-corrected chi connectivity index (χ3v) is 3.74. The molecule has 4 N–H and O–H groups in total. The highest BCUT2D eigenvalue weighted by molar-refractivity contribution is 7.89. The van der Waals surface area contributed by atoms with Crippen LogP contribution in [0.1, 0.15) is 19.7 Å². The maximum Gasteiger partial charge on any atom is 0.213 e. The fourth-order valence-electron chi connectivity index (χ4n) is 1.47. The summed E-state index contributed by atoms with van der Waals surface area (Å²) in [5.74, 6) is 1.22. The minimum Gasteiger partial charge on any atom is -0.384 e. The highest BCUT2D eigenvalue weighted by Crippen LogP contribution is 2.08. The molecule has 0 bridgehead atoms. The lowest BCUT2D eigenvalue weighted by Crippen LogP contribution is -2.29. The first kappa shape index (κ1) is 16.6. The van der Waals surface area contributed by atoms with Gasteiger partial charge in [0.1, 0.15) is 18.2 Å². The molecule has 0 fully saturated rings. The van der Waals surface area contributed by atoms with Crippen molar-refractivity contribution < 1.29 is 13.2 Å². The Balaban J connectivity index is 2.57. The quantitative estimate of drug-likeness (QED) is 0.585. The number of aromatic nitrogens is 2. The summed E-state index contributed by atoms with van der Waals surface area (Å²) < 4.78 is 30.6. The number of sulfonamides is 1. The lowest BCUT2D eigenvalue weighted by Gasteiger charge is -2.09. The lowest BCUT2D eigenvalue weighted by atomic mass is 10.5. The van der Waals surface area contributed by atoms with Gasteiger partial charge in [-0.1, -0.05) is 6.92 Å². The van der Waals surface area contributed by atoms with Crippen LogP contribution in [0.15, 0.2) is 6.07 Å². The van der Waals surface area contributed by atoms with Gasteiger partial charge in [-0.15, -0.1) is 0 Å². The minimum atomic E-state index is -3.25. The number of nitrogens with two attached hydrogens (primary N) is 1. The van der Waals surface area contributed by atoms with Crippen LogP contribution in [0.2, 0.25) is 0 Å². The zero-order valence-corrected chi connectivity index (χ0v) is 12.5. The van der Waals surface area contributed by atoms with E-state index in [1.54, 1.807) is 13.0 Å². The van der Waals surface area contributed by atoms with Crippen LogP contribution in [0, 0.1) is 0 Å². The van der Waals surface area contributed by atoms with Gasteiger partial charge in [0.2, 0.25) is 10.0 Å². The van der Waals surface area contributed by atoms with Crippen LogP contribution >= 0.6 is 0 Å². The molecule has 0 amide bonds. The van der Waals surface area contributed by atoms with E-state index >= 15 is 0 Å². The topological polar surface area (TPSA) is 119 Å². The largest absolute Gasteiger partial charge is 0.384 e. The minimum absolute atomic E-state index is 0.0362. The van der Waals surface area contributed by atoms with E-state index in [2.05, 4.69) is 20.0 Å². The summed E-state index contributed by atoms with van der Waals surface area (Å²) in [6.07, 6.45) is 0. The van der Waals surface area contributed by atoms with E-state index in [1.807, 2.05) is 6.92 Å². The summed E-state index contributed by atoms with van der Waals surface area (Å²) in [5, 5.41) is 2.91. The molecule has 0 aliphatic carbocycles. The first-order valence-electron chi connectivity index (χ1n) is 6.39. The Morgan fingerprint density at radius 3 is 2.75 bits per heavy atom. The molecule has 9 heteroatoms. The van der Waals surface area contributed by atoms with E-state index in [4.69, 9.17) is 10.5 Å². The molecule has 0 spiro atoms. The molecule has 0 aromatic carbocycles. The normalized spacial score (nSPS) is 11.5. The van der Waals surface area contributed by atoms with Crippen LogP contribution < -0.4 is 15.8 Å². The second-order valence-electron chi connectivity index (χ2n) is 3.97. The van der Waals surface area contributed by atoms with Gasteiger partial charge in [0.25, 0.3) is 0 Å². The molecule has 0 aliphatic rings. The molecule has 1 aromatic rings. The van der Waals surface area contributed by atoms with Gasteiger partial charge in [-0.25, -0.2) is 23.1 Å². The first-order chi connectivity index (χ1) is 9.46. The molecule has 0 atom stereocenters.